The molecule has 20 heavy (non-hydrogen) atoms. The van der Waals surface area contributed by atoms with E-state index >= 15 is 0 Å². The minimum absolute atomic E-state index is 0.867. The van der Waals surface area contributed by atoms with Gasteiger partial charge in [0.05, 0.1) is 0 Å². The summed E-state index contributed by atoms with van der Waals surface area (Å²) in [5.41, 5.74) is 0. The first-order valence-corrected chi connectivity index (χ1v) is 7.68. The molecule has 0 aliphatic heterocycles. The van der Waals surface area contributed by atoms with Crippen LogP contribution in [0.1, 0.15) is 38.5 Å². The summed E-state index contributed by atoms with van der Waals surface area (Å²) in [5.74, 6) is 0. The normalized spacial score (nSPS) is 12.8. The molecule has 1 aliphatic rings. The summed E-state index contributed by atoms with van der Waals surface area (Å²) < 4.78 is 0. The third kappa shape index (κ3) is 25.7. The second-order valence-corrected chi connectivity index (χ2v) is 4.59. The van der Waals surface area contributed by atoms with Crippen LogP contribution in [-0.2, 0) is 0 Å². The van der Waals surface area contributed by atoms with Gasteiger partial charge in [-0.1, -0.05) is 62.8 Å². The monoisotopic (exact) mass is 278 g/mol. The molecule has 1 aliphatic carbocycles. The van der Waals surface area contributed by atoms with Gasteiger partial charge in [-0.3, -0.25) is 0 Å². The van der Waals surface area contributed by atoms with Crippen LogP contribution in [0.4, 0.5) is 0 Å². The molecule has 2 heteroatoms. The van der Waals surface area contributed by atoms with Crippen LogP contribution >= 0.6 is 0 Å². The fourth-order valence-electron chi connectivity index (χ4n) is 1.64. The van der Waals surface area contributed by atoms with E-state index in [9.17, 15) is 0 Å². The molecule has 2 N–H and O–H groups in total. The molecular weight excluding hydrogens is 244 g/mol. The van der Waals surface area contributed by atoms with E-state index in [1.807, 2.05) is 24.3 Å². The van der Waals surface area contributed by atoms with Crippen LogP contribution in [0.25, 0.3) is 0 Å². The van der Waals surface area contributed by atoms with Crippen LogP contribution < -0.4 is 10.6 Å². The predicted octanol–water partition coefficient (Wildman–Crippen LogP) is 4.24. The Labute approximate surface area is 126 Å². The van der Waals surface area contributed by atoms with Crippen molar-refractivity contribution >= 4 is 0 Å². The zero-order chi connectivity index (χ0) is 15.3. The maximum Gasteiger partial charge on any atom is 0.0135 e. The van der Waals surface area contributed by atoms with Gasteiger partial charge in [-0.2, -0.15) is 0 Å². The van der Waals surface area contributed by atoms with Crippen LogP contribution in [0.2, 0.25) is 0 Å². The lowest BCUT2D eigenvalue weighted by atomic mass is 10.0. The van der Waals surface area contributed by atoms with Gasteiger partial charge in [0, 0.05) is 26.2 Å². The quantitative estimate of drug-likeness (QED) is 0.513. The summed E-state index contributed by atoms with van der Waals surface area (Å²) in [7, 11) is 0. The summed E-state index contributed by atoms with van der Waals surface area (Å²) in [4.78, 5) is 0. The van der Waals surface area contributed by atoms with E-state index in [1.54, 1.807) is 0 Å². The zero-order valence-electron chi connectivity index (χ0n) is 13.2. The van der Waals surface area contributed by atoms with Crippen LogP contribution in [-0.4, -0.2) is 26.2 Å². The molecule has 0 aromatic carbocycles. The van der Waals surface area contributed by atoms with Crippen molar-refractivity contribution in [2.24, 2.45) is 0 Å². The van der Waals surface area contributed by atoms with Crippen molar-refractivity contribution in [3.05, 3.63) is 50.6 Å². The maximum absolute atomic E-state index is 3.54. The van der Waals surface area contributed by atoms with Crippen molar-refractivity contribution in [2.45, 2.75) is 38.5 Å². The van der Waals surface area contributed by atoms with E-state index in [1.165, 1.54) is 38.5 Å². The van der Waals surface area contributed by atoms with Gasteiger partial charge >= 0.3 is 0 Å². The molecule has 1 rings (SSSR count). The highest BCUT2D eigenvalue weighted by Crippen LogP contribution is 2.15. The summed E-state index contributed by atoms with van der Waals surface area (Å²) >= 11 is 0. The van der Waals surface area contributed by atoms with Gasteiger partial charge in [-0.05, 0) is 0 Å². The zero-order valence-corrected chi connectivity index (χ0v) is 13.2. The van der Waals surface area contributed by atoms with E-state index in [-0.39, 0.29) is 0 Å². The first-order valence-electron chi connectivity index (χ1n) is 7.68. The predicted molar refractivity (Wildman–Crippen MR) is 94.2 cm³/mol. The molecular formula is C18H34N2. The fraction of sp³-hybridized carbons (Fsp3) is 0.556. The molecule has 2 nitrogen and oxygen atoms in total. The smallest absolute Gasteiger partial charge is 0.0135 e. The number of hydrogen-bond donors (Lipinski definition) is 2. The highest BCUT2D eigenvalue weighted by atomic mass is 14.8. The molecule has 0 aromatic heterocycles. The number of rotatable bonds is 8. The van der Waals surface area contributed by atoms with Gasteiger partial charge < -0.3 is 10.6 Å². The SMILES string of the molecule is C1CCCCC1.C=CCNCC=C.C=CCNCC=C. The highest BCUT2D eigenvalue weighted by molar-refractivity contribution is 4.75. The number of hydrogen-bond acceptors (Lipinski definition) is 2. The Morgan fingerprint density at radius 1 is 0.500 bits per heavy atom. The molecule has 0 spiro atoms. The van der Waals surface area contributed by atoms with E-state index in [4.69, 9.17) is 0 Å². The van der Waals surface area contributed by atoms with Crippen molar-refractivity contribution in [3.63, 3.8) is 0 Å². The van der Waals surface area contributed by atoms with Gasteiger partial charge in [0.25, 0.3) is 0 Å². The van der Waals surface area contributed by atoms with Crippen molar-refractivity contribution in [3.8, 4) is 0 Å². The van der Waals surface area contributed by atoms with Crippen molar-refractivity contribution < 1.29 is 0 Å². The lowest BCUT2D eigenvalue weighted by molar-refractivity contribution is 0.504. The first-order chi connectivity index (χ1) is 9.83. The summed E-state index contributed by atoms with van der Waals surface area (Å²) in [6.45, 7) is 17.6. The lowest BCUT2D eigenvalue weighted by Crippen LogP contribution is -2.11. The van der Waals surface area contributed by atoms with E-state index < -0.39 is 0 Å². The van der Waals surface area contributed by atoms with E-state index in [0.717, 1.165) is 26.2 Å². The molecule has 1 saturated carbocycles. The van der Waals surface area contributed by atoms with Gasteiger partial charge in [0.2, 0.25) is 0 Å². The molecule has 0 atom stereocenters. The van der Waals surface area contributed by atoms with E-state index in [2.05, 4.69) is 36.9 Å². The number of nitrogens with one attached hydrogen (secondary N) is 2. The Hall–Kier alpha value is -1.12. The minimum Gasteiger partial charge on any atom is -0.310 e. The average molecular weight is 278 g/mol. The van der Waals surface area contributed by atoms with Gasteiger partial charge in [0.15, 0.2) is 0 Å². The Balaban J connectivity index is 0. The van der Waals surface area contributed by atoms with Gasteiger partial charge in [-0.25, -0.2) is 0 Å². The van der Waals surface area contributed by atoms with Crippen LogP contribution in [0, 0.1) is 0 Å². The highest BCUT2D eigenvalue weighted by Gasteiger charge is 1.95. The first kappa shape index (κ1) is 21.2. The van der Waals surface area contributed by atoms with Crippen LogP contribution in [0.5, 0.6) is 0 Å². The second-order valence-electron chi connectivity index (χ2n) is 4.59. The van der Waals surface area contributed by atoms with Crippen LogP contribution in [0.15, 0.2) is 50.6 Å². The fourth-order valence-corrected chi connectivity index (χ4v) is 1.64. The molecule has 0 unspecified atom stereocenters. The topological polar surface area (TPSA) is 24.1 Å². The molecule has 116 valence electrons. The van der Waals surface area contributed by atoms with E-state index in [0.29, 0.717) is 0 Å². The largest absolute Gasteiger partial charge is 0.310 e. The molecule has 0 saturated heterocycles. The molecule has 1 fully saturated rings. The van der Waals surface area contributed by atoms with Gasteiger partial charge in [-0.15, -0.1) is 26.3 Å². The van der Waals surface area contributed by atoms with Gasteiger partial charge in [0.1, 0.15) is 0 Å². The molecule has 0 bridgehead atoms. The van der Waals surface area contributed by atoms with Crippen LogP contribution in [0.3, 0.4) is 0 Å². The lowest BCUT2D eigenvalue weighted by Gasteiger charge is -2.05. The Morgan fingerprint density at radius 2 is 0.700 bits per heavy atom. The molecule has 0 amide bonds. The minimum atomic E-state index is 0.867. The second kappa shape index (κ2) is 23.0. The standard InChI is InChI=1S/2C6H11N.C6H12/c2*1-3-5-7-6-4-2;1-2-4-6-5-3-1/h2*3-4,7H,1-2,5-6H2;1-6H2. The van der Waals surface area contributed by atoms with Crippen molar-refractivity contribution in [2.75, 3.05) is 26.2 Å². The summed E-state index contributed by atoms with van der Waals surface area (Å²) in [5, 5.41) is 6.10. The summed E-state index contributed by atoms with van der Waals surface area (Å²) in [6.07, 6.45) is 16.3. The van der Waals surface area contributed by atoms with Crippen molar-refractivity contribution in [1.29, 1.82) is 0 Å². The third-order valence-corrected chi connectivity index (χ3v) is 2.65. The summed E-state index contributed by atoms with van der Waals surface area (Å²) in [6, 6.07) is 0. The Kier molecular flexibility index (Phi) is 24.4. The molecule has 0 radical (unpaired) electrons. The molecule has 0 aromatic rings. The molecule has 0 heterocycles. The Bertz CT molecular complexity index is 172. The maximum atomic E-state index is 3.54. The third-order valence-electron chi connectivity index (χ3n) is 2.65. The van der Waals surface area contributed by atoms with Crippen molar-refractivity contribution in [1.82, 2.24) is 10.6 Å². The Morgan fingerprint density at radius 3 is 0.850 bits per heavy atom. The average Bonchev–Trinajstić information content (AvgIpc) is 2.51.